The summed E-state index contributed by atoms with van der Waals surface area (Å²) in [5, 5.41) is 1.63. The summed E-state index contributed by atoms with van der Waals surface area (Å²) in [6, 6.07) is 3.04. The third-order valence-corrected chi connectivity index (χ3v) is 4.33. The van der Waals surface area contributed by atoms with E-state index in [0.29, 0.717) is 0 Å². The molecule has 0 unspecified atom stereocenters. The molecule has 0 atom stereocenters. The van der Waals surface area contributed by atoms with Crippen LogP contribution in [0.1, 0.15) is 6.92 Å². The Bertz CT molecular complexity index is 476. The molecule has 0 spiro atoms. The Kier molecular flexibility index (Phi) is 4.08. The van der Waals surface area contributed by atoms with Crippen LogP contribution < -0.4 is 4.72 Å². The van der Waals surface area contributed by atoms with E-state index < -0.39 is 16.0 Å². The molecular weight excluding hydrogens is 250 g/mol. The summed E-state index contributed by atoms with van der Waals surface area (Å²) in [6.45, 7) is 5.10. The maximum Gasteiger partial charge on any atom is 0.354 e. The Morgan fingerprint density at radius 2 is 2.31 bits per heavy atom. The minimum Gasteiger partial charge on any atom is -0.461 e. The third kappa shape index (κ3) is 3.07. The molecule has 1 aromatic heterocycles. The molecular formula is C9H11NO4S2. The normalized spacial score (nSPS) is 10.8. The van der Waals surface area contributed by atoms with Gasteiger partial charge in [-0.2, -0.15) is 0 Å². The van der Waals surface area contributed by atoms with E-state index in [-0.39, 0.29) is 16.5 Å². The maximum absolute atomic E-state index is 11.6. The predicted octanol–water partition coefficient (Wildman–Crippen LogP) is 1.10. The van der Waals surface area contributed by atoms with E-state index in [2.05, 4.69) is 16.0 Å². The van der Waals surface area contributed by atoms with Gasteiger partial charge in [-0.25, -0.2) is 13.2 Å². The molecule has 1 aromatic rings. The quantitative estimate of drug-likeness (QED) is 0.636. The highest BCUT2D eigenvalue weighted by atomic mass is 32.2. The summed E-state index contributed by atoms with van der Waals surface area (Å²) in [5.74, 6) is -0.775. The van der Waals surface area contributed by atoms with Crippen LogP contribution in [0.5, 0.6) is 0 Å². The monoisotopic (exact) mass is 261 g/mol. The molecule has 0 aromatic carbocycles. The van der Waals surface area contributed by atoms with Gasteiger partial charge in [0, 0.05) is 0 Å². The van der Waals surface area contributed by atoms with Crippen molar-refractivity contribution in [1.29, 1.82) is 0 Å². The molecule has 0 amide bonds. The highest BCUT2D eigenvalue weighted by molar-refractivity contribution is 7.91. The van der Waals surface area contributed by atoms with E-state index in [1.165, 1.54) is 6.07 Å². The fraction of sp³-hybridized carbons (Fsp3) is 0.222. The summed E-state index contributed by atoms with van der Waals surface area (Å²) >= 11 is 1.05. The van der Waals surface area contributed by atoms with Crippen LogP contribution in [-0.2, 0) is 19.6 Å². The van der Waals surface area contributed by atoms with Gasteiger partial charge in [-0.15, -0.1) is 11.3 Å². The number of carbonyl (C=O) groups is 1. The van der Waals surface area contributed by atoms with E-state index in [0.717, 1.165) is 11.3 Å². The van der Waals surface area contributed by atoms with E-state index in [4.69, 9.17) is 0 Å². The largest absolute Gasteiger partial charge is 0.461 e. The molecule has 0 bridgehead atoms. The molecule has 0 aliphatic rings. The van der Waals surface area contributed by atoms with Crippen molar-refractivity contribution < 1.29 is 17.9 Å². The highest BCUT2D eigenvalue weighted by Crippen LogP contribution is 2.16. The number of hydrogen-bond acceptors (Lipinski definition) is 5. The molecule has 7 heteroatoms. The minimum absolute atomic E-state index is 0.123. The Morgan fingerprint density at radius 1 is 1.62 bits per heavy atom. The number of thiophene rings is 1. The molecule has 0 saturated carbocycles. The zero-order valence-electron chi connectivity index (χ0n) is 8.60. The van der Waals surface area contributed by atoms with Gasteiger partial charge in [-0.3, -0.25) is 4.72 Å². The number of hydrogen-bond donors (Lipinski definition) is 1. The van der Waals surface area contributed by atoms with Gasteiger partial charge in [0.1, 0.15) is 9.91 Å². The zero-order valence-corrected chi connectivity index (χ0v) is 10.2. The SMILES string of the molecule is C=C(NS(=O)(=O)c1cccs1)C(=O)OCC. The van der Waals surface area contributed by atoms with Crippen molar-refractivity contribution in [1.82, 2.24) is 4.72 Å². The van der Waals surface area contributed by atoms with Crippen molar-refractivity contribution in [2.75, 3.05) is 6.61 Å². The average Bonchev–Trinajstić information content (AvgIpc) is 2.70. The molecule has 0 saturated heterocycles. The Labute approximate surface area is 97.8 Å². The van der Waals surface area contributed by atoms with Crippen LogP contribution in [0, 0.1) is 0 Å². The lowest BCUT2D eigenvalue weighted by Gasteiger charge is -2.07. The van der Waals surface area contributed by atoms with Gasteiger partial charge < -0.3 is 4.74 Å². The first kappa shape index (κ1) is 12.7. The number of esters is 1. The van der Waals surface area contributed by atoms with Crippen molar-refractivity contribution >= 4 is 27.3 Å². The first-order chi connectivity index (χ1) is 7.47. The number of rotatable bonds is 5. The topological polar surface area (TPSA) is 72.5 Å². The lowest BCUT2D eigenvalue weighted by atomic mass is 10.5. The van der Waals surface area contributed by atoms with Gasteiger partial charge >= 0.3 is 5.97 Å². The molecule has 0 aliphatic carbocycles. The van der Waals surface area contributed by atoms with Gasteiger partial charge in [0.25, 0.3) is 10.0 Å². The van der Waals surface area contributed by atoms with Crippen LogP contribution in [-0.4, -0.2) is 21.0 Å². The standard InChI is InChI=1S/C9H11NO4S2/c1-3-14-9(11)7(2)10-16(12,13)8-5-4-6-15-8/h4-6,10H,2-3H2,1H3. The van der Waals surface area contributed by atoms with Gasteiger partial charge in [0.2, 0.25) is 0 Å². The maximum atomic E-state index is 11.6. The summed E-state index contributed by atoms with van der Waals surface area (Å²) in [7, 11) is -3.71. The smallest absolute Gasteiger partial charge is 0.354 e. The van der Waals surface area contributed by atoms with Crippen molar-refractivity contribution in [2.45, 2.75) is 11.1 Å². The van der Waals surface area contributed by atoms with Crippen molar-refractivity contribution in [3.8, 4) is 0 Å². The van der Waals surface area contributed by atoms with Crippen LogP contribution in [0.2, 0.25) is 0 Å². The van der Waals surface area contributed by atoms with Crippen molar-refractivity contribution in [2.24, 2.45) is 0 Å². The van der Waals surface area contributed by atoms with Crippen molar-refractivity contribution in [3.05, 3.63) is 29.8 Å². The number of nitrogens with one attached hydrogen (secondary N) is 1. The van der Waals surface area contributed by atoms with Gasteiger partial charge in [0.05, 0.1) is 6.61 Å². The van der Waals surface area contributed by atoms with Gasteiger partial charge in [0.15, 0.2) is 0 Å². The fourth-order valence-electron chi connectivity index (χ4n) is 0.889. The first-order valence-electron chi connectivity index (χ1n) is 4.39. The fourth-order valence-corrected chi connectivity index (χ4v) is 2.90. The number of sulfonamides is 1. The van der Waals surface area contributed by atoms with Crippen LogP contribution in [0.15, 0.2) is 34.0 Å². The van der Waals surface area contributed by atoms with E-state index in [9.17, 15) is 13.2 Å². The van der Waals surface area contributed by atoms with E-state index in [1.54, 1.807) is 18.4 Å². The predicted molar refractivity (Wildman–Crippen MR) is 60.4 cm³/mol. The molecule has 88 valence electrons. The minimum atomic E-state index is -3.71. The summed E-state index contributed by atoms with van der Waals surface area (Å²) < 4.78 is 30.1. The van der Waals surface area contributed by atoms with Crippen LogP contribution in [0.25, 0.3) is 0 Å². The molecule has 0 fully saturated rings. The molecule has 5 nitrogen and oxygen atoms in total. The van der Waals surface area contributed by atoms with Crippen LogP contribution in [0.4, 0.5) is 0 Å². The van der Waals surface area contributed by atoms with Gasteiger partial charge in [-0.05, 0) is 18.4 Å². The second-order valence-electron chi connectivity index (χ2n) is 2.74. The lowest BCUT2D eigenvalue weighted by molar-refractivity contribution is -0.138. The summed E-state index contributed by atoms with van der Waals surface area (Å²) in [6.07, 6.45) is 0. The number of carbonyl (C=O) groups excluding carboxylic acids is 1. The van der Waals surface area contributed by atoms with E-state index >= 15 is 0 Å². The van der Waals surface area contributed by atoms with Crippen LogP contribution >= 0.6 is 11.3 Å². The summed E-state index contributed by atoms with van der Waals surface area (Å²) in [4.78, 5) is 11.1. The Morgan fingerprint density at radius 3 is 2.81 bits per heavy atom. The Balaban J connectivity index is 2.75. The molecule has 0 aliphatic heterocycles. The van der Waals surface area contributed by atoms with Crippen LogP contribution in [0.3, 0.4) is 0 Å². The lowest BCUT2D eigenvalue weighted by Crippen LogP contribution is -2.27. The molecule has 1 heterocycles. The first-order valence-corrected chi connectivity index (χ1v) is 6.76. The molecule has 1 N–H and O–H groups in total. The zero-order chi connectivity index (χ0) is 12.2. The van der Waals surface area contributed by atoms with E-state index in [1.807, 2.05) is 0 Å². The molecule has 0 radical (unpaired) electrons. The molecule has 16 heavy (non-hydrogen) atoms. The van der Waals surface area contributed by atoms with Gasteiger partial charge in [-0.1, -0.05) is 12.6 Å². The average molecular weight is 261 g/mol. The highest BCUT2D eigenvalue weighted by Gasteiger charge is 2.19. The second-order valence-corrected chi connectivity index (χ2v) is 5.59. The second kappa shape index (κ2) is 5.13. The molecule has 1 rings (SSSR count). The number of ether oxygens (including phenoxy) is 1. The Hall–Kier alpha value is -1.34. The third-order valence-electron chi connectivity index (χ3n) is 1.54. The van der Waals surface area contributed by atoms with Crippen molar-refractivity contribution in [3.63, 3.8) is 0 Å². The summed E-state index contributed by atoms with van der Waals surface area (Å²) in [5.41, 5.74) is -0.296.